The fraction of sp³-hybridized carbons (Fsp3) is 0.333. The van der Waals surface area contributed by atoms with Crippen molar-refractivity contribution in [1.29, 1.82) is 0 Å². The molecule has 1 atom stereocenters. The fourth-order valence-electron chi connectivity index (χ4n) is 3.21. The number of aryl methyl sites for hydroxylation is 1. The molecule has 2 amide bonds. The first kappa shape index (κ1) is 18.6. The van der Waals surface area contributed by atoms with E-state index in [1.807, 2.05) is 42.5 Å². The van der Waals surface area contributed by atoms with Crippen LogP contribution in [0.2, 0.25) is 0 Å². The third kappa shape index (κ3) is 4.94. The average molecular weight is 415 g/mol. The van der Waals surface area contributed by atoms with Gasteiger partial charge in [-0.25, -0.2) is 0 Å². The Kier molecular flexibility index (Phi) is 6.45. The Morgan fingerprint density at radius 3 is 2.54 bits per heavy atom. The van der Waals surface area contributed by atoms with Gasteiger partial charge in [0.1, 0.15) is 0 Å². The number of hydrogen-bond acceptors (Lipinski definition) is 2. The van der Waals surface area contributed by atoms with Crippen molar-refractivity contribution in [1.82, 2.24) is 5.32 Å². The Labute approximate surface area is 162 Å². The van der Waals surface area contributed by atoms with Gasteiger partial charge in [0.15, 0.2) is 0 Å². The van der Waals surface area contributed by atoms with Crippen molar-refractivity contribution in [2.24, 2.45) is 5.92 Å². The van der Waals surface area contributed by atoms with Gasteiger partial charge in [0.2, 0.25) is 11.8 Å². The molecular weight excluding hydrogens is 392 g/mol. The van der Waals surface area contributed by atoms with Crippen molar-refractivity contribution in [3.63, 3.8) is 0 Å². The molecule has 5 heteroatoms. The molecule has 1 heterocycles. The number of hydrogen-bond donors (Lipinski definition) is 1. The van der Waals surface area contributed by atoms with Crippen LogP contribution in [-0.4, -0.2) is 24.9 Å². The molecule has 0 saturated carbocycles. The molecule has 0 spiro atoms. The van der Waals surface area contributed by atoms with E-state index in [-0.39, 0.29) is 24.2 Å². The van der Waals surface area contributed by atoms with Gasteiger partial charge in [-0.05, 0) is 49.1 Å². The number of anilines is 1. The molecule has 26 heavy (non-hydrogen) atoms. The van der Waals surface area contributed by atoms with Crippen LogP contribution in [0, 0.1) is 5.92 Å². The molecule has 2 aromatic carbocycles. The van der Waals surface area contributed by atoms with E-state index < -0.39 is 0 Å². The summed E-state index contributed by atoms with van der Waals surface area (Å²) in [5.41, 5.74) is 2.17. The first-order valence-corrected chi connectivity index (χ1v) is 9.80. The summed E-state index contributed by atoms with van der Waals surface area (Å²) in [7, 11) is 0. The van der Waals surface area contributed by atoms with Gasteiger partial charge in [0.05, 0.1) is 5.92 Å². The molecule has 0 aliphatic carbocycles. The molecule has 2 aromatic rings. The van der Waals surface area contributed by atoms with Crippen LogP contribution in [0.1, 0.15) is 24.8 Å². The maximum atomic E-state index is 12.4. The summed E-state index contributed by atoms with van der Waals surface area (Å²) < 4.78 is 0.970. The number of nitrogens with zero attached hydrogens (tertiary/aromatic N) is 1. The van der Waals surface area contributed by atoms with Crippen LogP contribution in [0.25, 0.3) is 0 Å². The minimum atomic E-state index is -0.264. The number of rotatable bonds is 7. The van der Waals surface area contributed by atoms with E-state index in [1.54, 1.807) is 4.90 Å². The van der Waals surface area contributed by atoms with E-state index in [0.29, 0.717) is 13.1 Å². The van der Waals surface area contributed by atoms with Gasteiger partial charge in [-0.15, -0.1) is 0 Å². The second-order valence-electron chi connectivity index (χ2n) is 6.62. The number of amides is 2. The van der Waals surface area contributed by atoms with Crippen LogP contribution in [-0.2, 0) is 16.0 Å². The topological polar surface area (TPSA) is 49.4 Å². The second kappa shape index (κ2) is 8.99. The summed E-state index contributed by atoms with van der Waals surface area (Å²) in [4.78, 5) is 26.3. The lowest BCUT2D eigenvalue weighted by molar-refractivity contribution is -0.126. The van der Waals surface area contributed by atoms with Crippen molar-refractivity contribution >= 4 is 33.4 Å². The lowest BCUT2D eigenvalue weighted by atomic mass is 10.1. The maximum absolute atomic E-state index is 12.4. The Hall–Kier alpha value is -2.14. The number of carbonyl (C=O) groups excluding carboxylic acids is 2. The van der Waals surface area contributed by atoms with E-state index in [0.717, 1.165) is 29.4 Å². The minimum absolute atomic E-state index is 0.0107. The zero-order chi connectivity index (χ0) is 18.4. The molecule has 3 rings (SSSR count). The van der Waals surface area contributed by atoms with Gasteiger partial charge in [0, 0.05) is 29.7 Å². The molecule has 0 bridgehead atoms. The third-order valence-electron chi connectivity index (χ3n) is 4.67. The van der Waals surface area contributed by atoms with Crippen LogP contribution in [0.3, 0.4) is 0 Å². The molecule has 0 radical (unpaired) electrons. The number of halogens is 1. The Morgan fingerprint density at radius 1 is 1.08 bits per heavy atom. The highest BCUT2D eigenvalue weighted by Crippen LogP contribution is 2.26. The van der Waals surface area contributed by atoms with Gasteiger partial charge < -0.3 is 10.2 Å². The number of benzene rings is 2. The number of carbonyl (C=O) groups is 2. The predicted molar refractivity (Wildman–Crippen MR) is 107 cm³/mol. The second-order valence-corrected chi connectivity index (χ2v) is 7.53. The Morgan fingerprint density at radius 2 is 1.81 bits per heavy atom. The lowest BCUT2D eigenvalue weighted by Crippen LogP contribution is -2.33. The molecule has 136 valence electrons. The van der Waals surface area contributed by atoms with Gasteiger partial charge >= 0.3 is 0 Å². The first-order valence-electron chi connectivity index (χ1n) is 9.01. The molecule has 0 unspecified atom stereocenters. The Balaban J connectivity index is 1.41. The van der Waals surface area contributed by atoms with Gasteiger partial charge in [-0.2, -0.15) is 0 Å². The van der Waals surface area contributed by atoms with E-state index >= 15 is 0 Å². The van der Waals surface area contributed by atoms with E-state index in [1.165, 1.54) is 5.56 Å². The van der Waals surface area contributed by atoms with Crippen LogP contribution in [0.5, 0.6) is 0 Å². The Bertz CT molecular complexity index is 746. The minimum Gasteiger partial charge on any atom is -0.356 e. The molecule has 1 saturated heterocycles. The van der Waals surface area contributed by atoms with Crippen LogP contribution < -0.4 is 10.2 Å². The fourth-order valence-corrected chi connectivity index (χ4v) is 3.47. The summed E-state index contributed by atoms with van der Waals surface area (Å²) in [6.45, 7) is 1.12. The molecule has 1 aliphatic heterocycles. The SMILES string of the molecule is O=C(NCCCCc1ccccc1)[C@@H]1CC(=O)N(c2ccc(Br)cc2)C1. The van der Waals surface area contributed by atoms with Crippen molar-refractivity contribution in [2.45, 2.75) is 25.7 Å². The highest BCUT2D eigenvalue weighted by atomic mass is 79.9. The van der Waals surface area contributed by atoms with Gasteiger partial charge in [0.25, 0.3) is 0 Å². The van der Waals surface area contributed by atoms with E-state index in [2.05, 4.69) is 33.4 Å². The smallest absolute Gasteiger partial charge is 0.227 e. The molecule has 1 aliphatic rings. The zero-order valence-corrected chi connectivity index (χ0v) is 16.2. The van der Waals surface area contributed by atoms with Crippen LogP contribution in [0.15, 0.2) is 59.1 Å². The monoisotopic (exact) mass is 414 g/mol. The van der Waals surface area contributed by atoms with Gasteiger partial charge in [-0.1, -0.05) is 46.3 Å². The highest BCUT2D eigenvalue weighted by molar-refractivity contribution is 9.10. The molecule has 4 nitrogen and oxygen atoms in total. The van der Waals surface area contributed by atoms with Crippen molar-refractivity contribution in [3.8, 4) is 0 Å². The van der Waals surface area contributed by atoms with Crippen molar-refractivity contribution in [2.75, 3.05) is 18.0 Å². The standard InChI is InChI=1S/C21H23BrN2O2/c22-18-9-11-19(12-10-18)24-15-17(14-20(24)25)21(26)23-13-5-4-8-16-6-2-1-3-7-16/h1-3,6-7,9-12,17H,4-5,8,13-15H2,(H,23,26)/t17-/m1/s1. The quantitative estimate of drug-likeness (QED) is 0.697. The van der Waals surface area contributed by atoms with E-state index in [9.17, 15) is 9.59 Å². The zero-order valence-electron chi connectivity index (χ0n) is 14.7. The summed E-state index contributed by atoms with van der Waals surface area (Å²) in [5.74, 6) is -0.269. The van der Waals surface area contributed by atoms with Crippen molar-refractivity contribution < 1.29 is 9.59 Å². The normalized spacial score (nSPS) is 16.7. The summed E-state index contributed by atoms with van der Waals surface area (Å²) in [6, 6.07) is 18.0. The highest BCUT2D eigenvalue weighted by Gasteiger charge is 2.34. The summed E-state index contributed by atoms with van der Waals surface area (Å²) in [6.07, 6.45) is 3.29. The molecular formula is C21H23BrN2O2. The predicted octanol–water partition coefficient (Wildman–Crippen LogP) is 3.94. The van der Waals surface area contributed by atoms with Crippen LogP contribution >= 0.6 is 15.9 Å². The first-order chi connectivity index (χ1) is 12.6. The summed E-state index contributed by atoms with van der Waals surface area (Å²) in [5, 5.41) is 2.99. The average Bonchev–Trinajstić information content (AvgIpc) is 3.05. The van der Waals surface area contributed by atoms with Crippen LogP contribution in [0.4, 0.5) is 5.69 Å². The largest absolute Gasteiger partial charge is 0.356 e. The third-order valence-corrected chi connectivity index (χ3v) is 5.20. The van der Waals surface area contributed by atoms with E-state index in [4.69, 9.17) is 0 Å². The van der Waals surface area contributed by atoms with Gasteiger partial charge in [-0.3, -0.25) is 9.59 Å². The summed E-state index contributed by atoms with van der Waals surface area (Å²) >= 11 is 3.39. The number of nitrogens with one attached hydrogen (secondary N) is 1. The number of unbranched alkanes of at least 4 members (excludes halogenated alkanes) is 1. The molecule has 1 fully saturated rings. The molecule has 0 aromatic heterocycles. The lowest BCUT2D eigenvalue weighted by Gasteiger charge is -2.16. The molecule has 1 N–H and O–H groups in total. The maximum Gasteiger partial charge on any atom is 0.227 e. The van der Waals surface area contributed by atoms with Crippen molar-refractivity contribution in [3.05, 3.63) is 64.6 Å².